The van der Waals surface area contributed by atoms with Gasteiger partial charge in [-0.3, -0.25) is 9.69 Å². The van der Waals surface area contributed by atoms with Crippen LogP contribution in [0.5, 0.6) is 0 Å². The third kappa shape index (κ3) is 5.73. The molecule has 2 aliphatic rings. The molecule has 0 radical (unpaired) electrons. The quantitative estimate of drug-likeness (QED) is 0.127. The van der Waals surface area contributed by atoms with E-state index in [1.54, 1.807) is 53.4 Å². The number of rotatable bonds is 8. The number of cyclic esters (lactones) is 1. The van der Waals surface area contributed by atoms with Gasteiger partial charge in [-0.15, -0.1) is 0 Å². The maximum absolute atomic E-state index is 12.9. The van der Waals surface area contributed by atoms with Gasteiger partial charge in [0.25, 0.3) is 12.2 Å². The van der Waals surface area contributed by atoms with Gasteiger partial charge in [-0.1, -0.05) is 90.7 Å². The number of nitrogens with zero attached hydrogens (tertiary/aromatic N) is 1. The Morgan fingerprint density at radius 2 is 1.71 bits per heavy atom. The molecule has 1 atom stereocenters. The second-order valence-corrected chi connectivity index (χ2v) is 11.1. The highest BCUT2D eigenvalue weighted by atomic mass is 32.2. The first-order valence-corrected chi connectivity index (χ1v) is 14.2. The van der Waals surface area contributed by atoms with Crippen molar-refractivity contribution in [2.45, 2.75) is 25.7 Å². The largest absolute Gasteiger partial charge is 0.461 e. The first kappa shape index (κ1) is 26.7. The number of ether oxygens (including phenoxy) is 2. The molecule has 1 unspecified atom stereocenters. The van der Waals surface area contributed by atoms with Crippen LogP contribution in [-0.4, -0.2) is 27.1 Å². The first-order chi connectivity index (χ1) is 20.0. The van der Waals surface area contributed by atoms with Gasteiger partial charge in [0.1, 0.15) is 15.8 Å². The van der Waals surface area contributed by atoms with E-state index in [0.29, 0.717) is 51.1 Å². The molecule has 9 heteroatoms. The summed E-state index contributed by atoms with van der Waals surface area (Å²) < 4.78 is 17.2. The van der Waals surface area contributed by atoms with Gasteiger partial charge in [-0.25, -0.2) is 9.59 Å². The highest BCUT2D eigenvalue weighted by Crippen LogP contribution is 2.34. The maximum Gasteiger partial charge on any atom is 0.342 e. The molecule has 1 amide bonds. The average Bonchev–Trinajstić information content (AvgIpc) is 3.67. The summed E-state index contributed by atoms with van der Waals surface area (Å²) in [5.74, 6) is 0.257. The summed E-state index contributed by atoms with van der Waals surface area (Å²) in [6, 6.07) is 27.2. The Bertz CT molecular complexity index is 1680. The van der Waals surface area contributed by atoms with Crippen LogP contribution in [0.15, 0.2) is 106 Å². The van der Waals surface area contributed by atoms with E-state index < -0.39 is 18.2 Å². The molecule has 1 fully saturated rings. The van der Waals surface area contributed by atoms with Crippen LogP contribution in [0.1, 0.15) is 50.3 Å². The lowest BCUT2D eigenvalue weighted by Crippen LogP contribution is -2.27. The molecule has 0 N–H and O–H groups in total. The van der Waals surface area contributed by atoms with Crippen molar-refractivity contribution in [2.75, 3.05) is 0 Å². The standard InChI is InChI=1S/C32H23NO6S2/c34-28-27(41-32(40)33(28)19-20-7-2-1-3-8-20)12-6-9-23-17-18-26(37-23)21-13-15-22(16-14-21)29(35)38-31-25-11-5-4-10-24(25)30(36)39-31/h1-5,7-8,10-18,31H,6,9,19H2/b27-12+. The molecule has 1 saturated heterocycles. The molecule has 0 aliphatic carbocycles. The zero-order chi connectivity index (χ0) is 28.3. The van der Waals surface area contributed by atoms with Crippen molar-refractivity contribution in [1.29, 1.82) is 0 Å². The van der Waals surface area contributed by atoms with Crippen LogP contribution in [0.25, 0.3) is 11.3 Å². The Morgan fingerprint density at radius 3 is 2.51 bits per heavy atom. The number of aryl methyl sites for hydroxylation is 1. The normalized spacial score (nSPS) is 17.2. The number of hydrogen-bond donors (Lipinski definition) is 0. The van der Waals surface area contributed by atoms with Gasteiger partial charge < -0.3 is 13.9 Å². The van der Waals surface area contributed by atoms with E-state index in [0.717, 1.165) is 16.9 Å². The van der Waals surface area contributed by atoms with Crippen molar-refractivity contribution in [3.63, 3.8) is 0 Å². The molecule has 1 aromatic heterocycles. The summed E-state index contributed by atoms with van der Waals surface area (Å²) in [4.78, 5) is 39.8. The van der Waals surface area contributed by atoms with E-state index in [-0.39, 0.29) is 5.91 Å². The number of furan rings is 1. The van der Waals surface area contributed by atoms with Gasteiger partial charge >= 0.3 is 11.9 Å². The molecule has 6 rings (SSSR count). The number of allylic oxidation sites excluding steroid dienone is 1. The van der Waals surface area contributed by atoms with Crippen LogP contribution in [0.2, 0.25) is 0 Å². The summed E-state index contributed by atoms with van der Waals surface area (Å²) >= 11 is 6.76. The summed E-state index contributed by atoms with van der Waals surface area (Å²) in [5, 5.41) is 0. The average molecular weight is 582 g/mol. The lowest BCUT2D eigenvalue weighted by atomic mass is 10.1. The minimum absolute atomic E-state index is 0.0714. The molecule has 4 aromatic rings. The molecule has 2 aliphatic heterocycles. The minimum Gasteiger partial charge on any atom is -0.461 e. The lowest BCUT2D eigenvalue weighted by Gasteiger charge is -2.14. The molecule has 3 aromatic carbocycles. The molecule has 0 bridgehead atoms. The second kappa shape index (κ2) is 11.6. The summed E-state index contributed by atoms with van der Waals surface area (Å²) in [6.07, 6.45) is 2.10. The number of hydrogen-bond acceptors (Lipinski definition) is 8. The third-order valence-electron chi connectivity index (χ3n) is 6.71. The smallest absolute Gasteiger partial charge is 0.342 e. The summed E-state index contributed by atoms with van der Waals surface area (Å²) in [7, 11) is 0. The number of thioether (sulfide) groups is 1. The fourth-order valence-corrected chi connectivity index (χ4v) is 5.85. The highest BCUT2D eigenvalue weighted by Gasteiger charge is 2.34. The number of thiocarbonyl (C=S) groups is 1. The fourth-order valence-electron chi connectivity index (χ4n) is 4.59. The van der Waals surface area contributed by atoms with E-state index in [9.17, 15) is 14.4 Å². The summed E-state index contributed by atoms with van der Waals surface area (Å²) in [5.41, 5.74) is 3.08. The van der Waals surface area contributed by atoms with Crippen LogP contribution in [0.4, 0.5) is 0 Å². The monoisotopic (exact) mass is 581 g/mol. The van der Waals surface area contributed by atoms with E-state index in [1.165, 1.54) is 11.8 Å². The van der Waals surface area contributed by atoms with Gasteiger partial charge in [-0.05, 0) is 42.3 Å². The van der Waals surface area contributed by atoms with Gasteiger partial charge in [0, 0.05) is 17.5 Å². The molecule has 0 spiro atoms. The molecular formula is C32H23NO6S2. The van der Waals surface area contributed by atoms with Gasteiger partial charge in [0.05, 0.1) is 22.6 Å². The van der Waals surface area contributed by atoms with Crippen molar-refractivity contribution < 1.29 is 28.3 Å². The van der Waals surface area contributed by atoms with E-state index >= 15 is 0 Å². The van der Waals surface area contributed by atoms with E-state index in [2.05, 4.69) is 0 Å². The number of carbonyl (C=O) groups is 3. The zero-order valence-corrected chi connectivity index (χ0v) is 23.3. The van der Waals surface area contributed by atoms with Crippen LogP contribution in [-0.2, 0) is 27.2 Å². The van der Waals surface area contributed by atoms with Crippen molar-refractivity contribution in [1.82, 2.24) is 4.90 Å². The van der Waals surface area contributed by atoms with Gasteiger partial charge in [0.2, 0.25) is 0 Å². The Hall–Kier alpha value is -4.47. The predicted molar refractivity (Wildman–Crippen MR) is 158 cm³/mol. The van der Waals surface area contributed by atoms with Crippen LogP contribution >= 0.6 is 24.0 Å². The van der Waals surface area contributed by atoms with E-state index in [4.69, 9.17) is 26.1 Å². The molecule has 0 saturated carbocycles. The Kier molecular flexibility index (Phi) is 7.54. The molecule has 7 nitrogen and oxygen atoms in total. The van der Waals surface area contributed by atoms with Crippen molar-refractivity contribution in [3.05, 3.63) is 130 Å². The van der Waals surface area contributed by atoms with E-state index in [1.807, 2.05) is 48.5 Å². The number of esters is 2. The lowest BCUT2D eigenvalue weighted by molar-refractivity contribution is -0.122. The Labute approximate surface area is 245 Å². The van der Waals surface area contributed by atoms with Crippen molar-refractivity contribution >= 4 is 46.1 Å². The van der Waals surface area contributed by atoms with Crippen molar-refractivity contribution in [2.24, 2.45) is 0 Å². The molecular weight excluding hydrogens is 558 g/mol. The molecule has 3 heterocycles. The molecule has 41 heavy (non-hydrogen) atoms. The highest BCUT2D eigenvalue weighted by molar-refractivity contribution is 8.26. The predicted octanol–water partition coefficient (Wildman–Crippen LogP) is 6.85. The summed E-state index contributed by atoms with van der Waals surface area (Å²) in [6.45, 7) is 0.461. The Morgan fingerprint density at radius 1 is 0.951 bits per heavy atom. The number of benzene rings is 3. The van der Waals surface area contributed by atoms with Crippen LogP contribution in [0, 0.1) is 0 Å². The number of fused-ring (bicyclic) bond motifs is 1. The van der Waals surface area contributed by atoms with Crippen LogP contribution < -0.4 is 0 Å². The second-order valence-electron chi connectivity index (χ2n) is 9.43. The number of amides is 1. The van der Waals surface area contributed by atoms with Crippen molar-refractivity contribution in [3.8, 4) is 11.3 Å². The number of carbonyl (C=O) groups excluding carboxylic acids is 3. The topological polar surface area (TPSA) is 86.0 Å². The zero-order valence-electron chi connectivity index (χ0n) is 21.6. The fraction of sp³-hybridized carbons (Fsp3) is 0.125. The molecule has 204 valence electrons. The maximum atomic E-state index is 12.9. The first-order valence-electron chi connectivity index (χ1n) is 12.9. The minimum atomic E-state index is -1.06. The van der Waals surface area contributed by atoms with Gasteiger partial charge in [0.15, 0.2) is 0 Å². The SMILES string of the molecule is O=C(OC1OC(=O)c2ccccc21)c1ccc(-c2ccc(CC/C=C3/SC(=S)N(Cc4ccccc4)C3=O)o2)cc1. The van der Waals surface area contributed by atoms with Crippen LogP contribution in [0.3, 0.4) is 0 Å². The Balaban J connectivity index is 1.04. The van der Waals surface area contributed by atoms with Gasteiger partial charge in [-0.2, -0.15) is 0 Å². The third-order valence-corrected chi connectivity index (χ3v) is 8.13.